The summed E-state index contributed by atoms with van der Waals surface area (Å²) < 4.78 is 0.973. The maximum Gasteiger partial charge on any atom is 0.337 e. The van der Waals surface area contributed by atoms with Crippen LogP contribution in [0.25, 0.3) is 21.0 Å². The summed E-state index contributed by atoms with van der Waals surface area (Å²) in [5, 5.41) is 12.7. The van der Waals surface area contributed by atoms with Crippen LogP contribution in [0.5, 0.6) is 0 Å². The Bertz CT molecular complexity index is 1680. The Morgan fingerprint density at radius 1 is 0.917 bits per heavy atom. The number of carboxylic acid groups (broad SMARTS) is 1. The number of benzene rings is 3. The largest absolute Gasteiger partial charge is 0.478 e. The molecular formula is C26H16Cl4N2O3S. The van der Waals surface area contributed by atoms with Gasteiger partial charge in [-0.3, -0.25) is 4.79 Å². The smallest absolute Gasteiger partial charge is 0.337 e. The van der Waals surface area contributed by atoms with Crippen LogP contribution >= 0.6 is 57.7 Å². The number of hydrogen-bond acceptors (Lipinski definition) is 3. The third-order valence-electron chi connectivity index (χ3n) is 6.10. The zero-order valence-electron chi connectivity index (χ0n) is 18.2. The average Bonchev–Trinajstić information content (AvgIpc) is 3.42. The van der Waals surface area contributed by atoms with Crippen molar-refractivity contribution in [3.63, 3.8) is 0 Å². The van der Waals surface area contributed by atoms with E-state index in [2.05, 4.69) is 4.98 Å². The lowest BCUT2D eigenvalue weighted by Gasteiger charge is -2.25. The molecule has 0 aliphatic rings. The van der Waals surface area contributed by atoms with Gasteiger partial charge in [0.1, 0.15) is 0 Å². The van der Waals surface area contributed by atoms with E-state index >= 15 is 0 Å². The fourth-order valence-electron chi connectivity index (χ4n) is 4.56. The number of hydrogen-bond donors (Lipinski definition) is 3. The Morgan fingerprint density at radius 3 is 2.39 bits per heavy atom. The third kappa shape index (κ3) is 4.44. The van der Waals surface area contributed by atoms with Crippen molar-refractivity contribution in [3.05, 3.63) is 102 Å². The summed E-state index contributed by atoms with van der Waals surface area (Å²) in [6.45, 7) is 0. The first-order valence-corrected chi connectivity index (χ1v) is 12.9. The molecule has 2 heterocycles. The molecule has 5 rings (SSSR count). The molecule has 0 aliphatic heterocycles. The quantitative estimate of drug-likeness (QED) is 0.190. The topological polar surface area (TPSA) is 96.2 Å². The van der Waals surface area contributed by atoms with E-state index in [9.17, 15) is 14.7 Å². The van der Waals surface area contributed by atoms with Crippen molar-refractivity contribution >= 4 is 90.6 Å². The number of aromatic amines is 1. The number of halogens is 4. The lowest BCUT2D eigenvalue weighted by molar-refractivity contribution is -0.119. The number of thiophene rings is 1. The third-order valence-corrected chi connectivity index (χ3v) is 8.49. The number of H-pyrrole nitrogens is 1. The van der Waals surface area contributed by atoms with Gasteiger partial charge in [0.25, 0.3) is 0 Å². The zero-order chi connectivity index (χ0) is 25.7. The van der Waals surface area contributed by atoms with Crippen molar-refractivity contribution in [3.8, 4) is 0 Å². The molecule has 0 aliphatic carbocycles. The Morgan fingerprint density at radius 2 is 1.69 bits per heavy atom. The highest BCUT2D eigenvalue weighted by Gasteiger charge is 2.35. The SMILES string of the molecule is NC(=O)C(c1ccc(Cl)c(Cl)c1)C(c1cc2cc(Cl)ccc2s1)c1c[nH]c2c(C(=O)O)cc(Cl)cc12. The van der Waals surface area contributed by atoms with Gasteiger partial charge >= 0.3 is 5.97 Å². The van der Waals surface area contributed by atoms with Crippen molar-refractivity contribution < 1.29 is 14.7 Å². The second kappa shape index (κ2) is 9.61. The first kappa shape index (κ1) is 24.9. The maximum atomic E-state index is 13.1. The van der Waals surface area contributed by atoms with Gasteiger partial charge in [0.15, 0.2) is 0 Å². The predicted octanol–water partition coefficient (Wildman–Crippen LogP) is 8.10. The van der Waals surface area contributed by atoms with Crippen LogP contribution in [0.2, 0.25) is 20.1 Å². The van der Waals surface area contributed by atoms with Gasteiger partial charge in [0.2, 0.25) is 5.91 Å². The molecule has 10 heteroatoms. The first-order valence-electron chi connectivity index (χ1n) is 10.6. The number of nitrogens with two attached hydrogens (primary N) is 1. The summed E-state index contributed by atoms with van der Waals surface area (Å²) in [6, 6.07) is 15.5. The lowest BCUT2D eigenvalue weighted by Crippen LogP contribution is -2.27. The van der Waals surface area contributed by atoms with Crippen LogP contribution in [0.3, 0.4) is 0 Å². The highest BCUT2D eigenvalue weighted by Crippen LogP contribution is 2.47. The molecule has 182 valence electrons. The summed E-state index contributed by atoms with van der Waals surface area (Å²) in [5.74, 6) is -3.15. The molecule has 0 saturated heterocycles. The molecule has 5 aromatic rings. The lowest BCUT2D eigenvalue weighted by atomic mass is 9.79. The number of carboxylic acids is 1. The highest BCUT2D eigenvalue weighted by molar-refractivity contribution is 7.19. The second-order valence-electron chi connectivity index (χ2n) is 8.29. The minimum Gasteiger partial charge on any atom is -0.478 e. The molecule has 0 radical (unpaired) electrons. The average molecular weight is 578 g/mol. The summed E-state index contributed by atoms with van der Waals surface area (Å²) in [4.78, 5) is 28.9. The van der Waals surface area contributed by atoms with Gasteiger partial charge in [0.05, 0.1) is 27.0 Å². The van der Waals surface area contributed by atoms with Gasteiger partial charge < -0.3 is 15.8 Å². The van der Waals surface area contributed by atoms with E-state index in [4.69, 9.17) is 52.1 Å². The van der Waals surface area contributed by atoms with Crippen LogP contribution in [-0.4, -0.2) is 22.0 Å². The highest BCUT2D eigenvalue weighted by atomic mass is 35.5. The Labute approximate surface area is 229 Å². The van der Waals surface area contributed by atoms with Gasteiger partial charge in [0, 0.05) is 37.1 Å². The number of fused-ring (bicyclic) bond motifs is 2. The molecule has 36 heavy (non-hydrogen) atoms. The van der Waals surface area contributed by atoms with Gasteiger partial charge in [-0.15, -0.1) is 11.3 Å². The zero-order valence-corrected chi connectivity index (χ0v) is 22.0. The number of rotatable bonds is 6. The fourth-order valence-corrected chi connectivity index (χ4v) is 6.46. The fraction of sp³-hybridized carbons (Fsp3) is 0.0769. The molecular weight excluding hydrogens is 562 g/mol. The van der Waals surface area contributed by atoms with Gasteiger partial charge in [-0.2, -0.15) is 0 Å². The van der Waals surface area contributed by atoms with Crippen LogP contribution in [0.4, 0.5) is 0 Å². The minimum absolute atomic E-state index is 0.0239. The standard InChI is InChI=1S/C26H16Cl4N2O3S/c27-13-2-4-20-12(5-13)7-21(36-20)23(22(25(31)33)11-1-3-18(29)19(30)6-11)17-10-32-24-15(17)8-14(28)9-16(24)26(34)35/h1-10,22-23,32H,(H2,31,33)(H,34,35). The van der Waals surface area contributed by atoms with Crippen LogP contribution in [0, 0.1) is 0 Å². The van der Waals surface area contributed by atoms with E-state index in [1.54, 1.807) is 36.5 Å². The van der Waals surface area contributed by atoms with Crippen LogP contribution in [0.1, 0.15) is 38.2 Å². The molecule has 5 nitrogen and oxygen atoms in total. The van der Waals surface area contributed by atoms with Gasteiger partial charge in [-0.1, -0.05) is 52.5 Å². The molecule has 0 spiro atoms. The number of carbonyl (C=O) groups excluding carboxylic acids is 1. The van der Waals surface area contributed by atoms with E-state index in [-0.39, 0.29) is 15.6 Å². The summed E-state index contributed by atoms with van der Waals surface area (Å²) in [5.41, 5.74) is 7.68. The van der Waals surface area contributed by atoms with Crippen LogP contribution in [-0.2, 0) is 4.79 Å². The van der Waals surface area contributed by atoms with Crippen molar-refractivity contribution in [1.82, 2.24) is 4.98 Å². The summed E-state index contributed by atoms with van der Waals surface area (Å²) in [7, 11) is 0. The molecule has 2 unspecified atom stereocenters. The summed E-state index contributed by atoms with van der Waals surface area (Å²) in [6.07, 6.45) is 1.70. The number of carbonyl (C=O) groups is 2. The molecule has 4 N–H and O–H groups in total. The molecule has 2 atom stereocenters. The number of primary amides is 1. The van der Waals surface area contributed by atoms with Gasteiger partial charge in [-0.05, 0) is 65.0 Å². The van der Waals surface area contributed by atoms with E-state index in [1.165, 1.54) is 17.4 Å². The minimum atomic E-state index is -1.13. The monoisotopic (exact) mass is 576 g/mol. The second-order valence-corrected chi connectivity index (χ2v) is 11.1. The van der Waals surface area contributed by atoms with E-state index in [1.807, 2.05) is 18.2 Å². The Balaban J connectivity index is 1.82. The number of aromatic carboxylic acids is 1. The number of nitrogens with one attached hydrogen (secondary N) is 1. The number of amides is 1. The van der Waals surface area contributed by atoms with Crippen molar-refractivity contribution in [2.45, 2.75) is 11.8 Å². The maximum absolute atomic E-state index is 13.1. The summed E-state index contributed by atoms with van der Waals surface area (Å²) >= 11 is 26.5. The normalized spacial score (nSPS) is 13.2. The van der Waals surface area contributed by atoms with E-state index < -0.39 is 23.7 Å². The predicted molar refractivity (Wildman–Crippen MR) is 147 cm³/mol. The Hall–Kier alpha value is -2.74. The molecule has 1 amide bonds. The van der Waals surface area contributed by atoms with Crippen molar-refractivity contribution in [2.75, 3.05) is 0 Å². The van der Waals surface area contributed by atoms with Crippen molar-refractivity contribution in [2.24, 2.45) is 5.73 Å². The first-order chi connectivity index (χ1) is 17.1. The molecule has 2 aromatic heterocycles. The molecule has 0 bridgehead atoms. The molecule has 0 saturated carbocycles. The van der Waals surface area contributed by atoms with Crippen LogP contribution in [0.15, 0.2) is 60.8 Å². The van der Waals surface area contributed by atoms with Crippen LogP contribution < -0.4 is 5.73 Å². The molecule has 0 fully saturated rings. The van der Waals surface area contributed by atoms with E-state index in [0.717, 1.165) is 15.0 Å². The van der Waals surface area contributed by atoms with E-state index in [0.29, 0.717) is 32.1 Å². The number of aromatic nitrogens is 1. The van der Waals surface area contributed by atoms with Crippen molar-refractivity contribution in [1.29, 1.82) is 0 Å². The molecule has 3 aromatic carbocycles. The van der Waals surface area contributed by atoms with Gasteiger partial charge in [-0.25, -0.2) is 4.79 Å². The Kier molecular flexibility index (Phi) is 6.66.